The second kappa shape index (κ2) is 8.75. The van der Waals surface area contributed by atoms with Crippen LogP contribution in [0.3, 0.4) is 0 Å². The summed E-state index contributed by atoms with van der Waals surface area (Å²) in [5.41, 5.74) is 0.577. The number of nitrogens with one attached hydrogen (secondary N) is 1. The molecule has 0 bridgehead atoms. The Labute approximate surface area is 132 Å². The van der Waals surface area contributed by atoms with Gasteiger partial charge in [-0.25, -0.2) is 4.79 Å². The van der Waals surface area contributed by atoms with Crippen molar-refractivity contribution in [1.82, 2.24) is 20.0 Å². The number of carbonyl (C=O) groups excluding carboxylic acids is 1. The third-order valence-electron chi connectivity index (χ3n) is 2.94. The van der Waals surface area contributed by atoms with Gasteiger partial charge in [-0.2, -0.15) is 5.10 Å². The molecule has 0 spiro atoms. The molecule has 1 rings (SSSR count). The lowest BCUT2D eigenvalue weighted by Crippen LogP contribution is -2.40. The number of aliphatic hydroxyl groups is 1. The zero-order valence-electron chi connectivity index (χ0n) is 14.0. The number of likely N-dealkylation sites (N-methyl/N-ethyl adjacent to an activating group) is 1. The van der Waals surface area contributed by atoms with Crippen molar-refractivity contribution in [3.8, 4) is 0 Å². The summed E-state index contributed by atoms with van der Waals surface area (Å²) < 4.78 is 7.06. The molecule has 2 N–H and O–H groups in total. The fourth-order valence-corrected chi connectivity index (χ4v) is 1.87. The van der Waals surface area contributed by atoms with Gasteiger partial charge in [-0.05, 0) is 27.7 Å². The molecule has 22 heavy (non-hydrogen) atoms. The molecule has 0 radical (unpaired) electrons. The smallest absolute Gasteiger partial charge is 0.410 e. The lowest BCUT2D eigenvalue weighted by molar-refractivity contribution is 0.0262. The highest BCUT2D eigenvalue weighted by molar-refractivity contribution is 5.68. The SMILES string of the molecule is CCN(CCNCc1cnn(CCO)c1)C(=O)OC(C)(C)C. The number of hydrogen-bond donors (Lipinski definition) is 2. The molecular weight excluding hydrogens is 284 g/mol. The fraction of sp³-hybridized carbons (Fsp3) is 0.733. The summed E-state index contributed by atoms with van der Waals surface area (Å²) in [7, 11) is 0. The Bertz CT molecular complexity index is 454. The van der Waals surface area contributed by atoms with Gasteiger partial charge in [-0.3, -0.25) is 4.68 Å². The first-order valence-corrected chi connectivity index (χ1v) is 7.66. The van der Waals surface area contributed by atoms with Crippen LogP contribution < -0.4 is 5.32 Å². The minimum absolute atomic E-state index is 0.0793. The van der Waals surface area contributed by atoms with Gasteiger partial charge in [0.2, 0.25) is 0 Å². The molecule has 0 aromatic carbocycles. The van der Waals surface area contributed by atoms with Gasteiger partial charge in [0.25, 0.3) is 0 Å². The van der Waals surface area contributed by atoms with Gasteiger partial charge in [0.1, 0.15) is 5.60 Å². The van der Waals surface area contributed by atoms with E-state index in [2.05, 4.69) is 10.4 Å². The van der Waals surface area contributed by atoms with Gasteiger partial charge in [-0.1, -0.05) is 0 Å². The Balaban J connectivity index is 2.30. The maximum absolute atomic E-state index is 12.0. The molecule has 7 nitrogen and oxygen atoms in total. The molecule has 126 valence electrons. The van der Waals surface area contributed by atoms with Gasteiger partial charge in [-0.15, -0.1) is 0 Å². The zero-order chi connectivity index (χ0) is 16.6. The van der Waals surface area contributed by atoms with E-state index in [9.17, 15) is 4.79 Å². The topological polar surface area (TPSA) is 79.6 Å². The van der Waals surface area contributed by atoms with Gasteiger partial charge in [0, 0.05) is 37.9 Å². The van der Waals surface area contributed by atoms with Gasteiger partial charge in [0.15, 0.2) is 0 Å². The van der Waals surface area contributed by atoms with Crippen LogP contribution in [0.4, 0.5) is 4.79 Å². The summed E-state index contributed by atoms with van der Waals surface area (Å²) >= 11 is 0. The molecule has 1 heterocycles. The summed E-state index contributed by atoms with van der Waals surface area (Å²) in [6.07, 6.45) is 3.38. The molecule has 0 fully saturated rings. The van der Waals surface area contributed by atoms with Crippen molar-refractivity contribution in [3.63, 3.8) is 0 Å². The standard InChI is InChI=1S/C15H28N4O3/c1-5-18(14(21)22-15(2,3)4)7-6-16-10-13-11-17-19(12-13)8-9-20/h11-12,16,20H,5-10H2,1-4H3. The molecule has 1 amide bonds. The normalized spacial score (nSPS) is 11.5. The van der Waals surface area contributed by atoms with E-state index in [-0.39, 0.29) is 12.7 Å². The number of amides is 1. The van der Waals surface area contributed by atoms with Crippen LogP contribution in [0.5, 0.6) is 0 Å². The summed E-state index contributed by atoms with van der Waals surface area (Å²) in [4.78, 5) is 13.6. The Morgan fingerprint density at radius 1 is 1.50 bits per heavy atom. The van der Waals surface area contributed by atoms with Crippen LogP contribution in [0.2, 0.25) is 0 Å². The highest BCUT2D eigenvalue weighted by Gasteiger charge is 2.20. The average Bonchev–Trinajstić information content (AvgIpc) is 2.85. The van der Waals surface area contributed by atoms with E-state index < -0.39 is 5.60 Å². The molecule has 0 aliphatic carbocycles. The van der Waals surface area contributed by atoms with E-state index in [1.807, 2.05) is 33.9 Å². The lowest BCUT2D eigenvalue weighted by atomic mass is 10.2. The zero-order valence-corrected chi connectivity index (χ0v) is 14.0. The fourth-order valence-electron chi connectivity index (χ4n) is 1.87. The van der Waals surface area contributed by atoms with E-state index in [4.69, 9.17) is 9.84 Å². The average molecular weight is 312 g/mol. The monoisotopic (exact) mass is 312 g/mol. The Kier molecular flexibility index (Phi) is 7.34. The molecule has 0 saturated carbocycles. The van der Waals surface area contributed by atoms with Crippen LogP contribution in [-0.4, -0.2) is 57.7 Å². The highest BCUT2D eigenvalue weighted by Crippen LogP contribution is 2.09. The number of hydrogen-bond acceptors (Lipinski definition) is 5. The number of carbonyl (C=O) groups is 1. The van der Waals surface area contributed by atoms with Gasteiger partial charge in [0.05, 0.1) is 19.3 Å². The Morgan fingerprint density at radius 2 is 2.23 bits per heavy atom. The predicted octanol–water partition coefficient (Wildman–Crippen LogP) is 1.22. The largest absolute Gasteiger partial charge is 0.444 e. The Morgan fingerprint density at radius 3 is 2.82 bits per heavy atom. The maximum atomic E-state index is 12.0. The quantitative estimate of drug-likeness (QED) is 0.706. The third kappa shape index (κ3) is 6.91. The first-order valence-electron chi connectivity index (χ1n) is 7.66. The molecule has 0 atom stereocenters. The van der Waals surface area contributed by atoms with Crippen molar-refractivity contribution in [3.05, 3.63) is 18.0 Å². The predicted molar refractivity (Wildman–Crippen MR) is 84.5 cm³/mol. The van der Waals surface area contributed by atoms with Crippen LogP contribution >= 0.6 is 0 Å². The minimum Gasteiger partial charge on any atom is -0.444 e. The first-order chi connectivity index (χ1) is 10.4. The molecule has 1 aromatic heterocycles. The van der Waals surface area contributed by atoms with Crippen molar-refractivity contribution < 1.29 is 14.6 Å². The van der Waals surface area contributed by atoms with Gasteiger partial charge < -0.3 is 20.1 Å². The second-order valence-corrected chi connectivity index (χ2v) is 6.07. The number of rotatable bonds is 8. The van der Waals surface area contributed by atoms with E-state index >= 15 is 0 Å². The first kappa shape index (κ1) is 18.4. The van der Waals surface area contributed by atoms with Crippen LogP contribution in [-0.2, 0) is 17.8 Å². The summed E-state index contributed by atoms with van der Waals surface area (Å²) in [6.45, 7) is 10.7. The van der Waals surface area contributed by atoms with Crippen LogP contribution in [0.25, 0.3) is 0 Å². The van der Waals surface area contributed by atoms with E-state index in [1.165, 1.54) is 0 Å². The number of nitrogens with zero attached hydrogens (tertiary/aromatic N) is 3. The molecule has 0 aliphatic rings. The van der Waals surface area contributed by atoms with Crippen molar-refractivity contribution >= 4 is 6.09 Å². The van der Waals surface area contributed by atoms with Crippen molar-refractivity contribution in [1.29, 1.82) is 0 Å². The van der Waals surface area contributed by atoms with Crippen molar-refractivity contribution in [2.24, 2.45) is 0 Å². The Hall–Kier alpha value is -1.60. The lowest BCUT2D eigenvalue weighted by Gasteiger charge is -2.26. The summed E-state index contributed by atoms with van der Waals surface area (Å²) in [5.74, 6) is 0. The highest BCUT2D eigenvalue weighted by atomic mass is 16.6. The third-order valence-corrected chi connectivity index (χ3v) is 2.94. The molecule has 0 unspecified atom stereocenters. The van der Waals surface area contributed by atoms with Crippen LogP contribution in [0.1, 0.15) is 33.3 Å². The molecule has 7 heteroatoms. The number of aromatic nitrogens is 2. The van der Waals surface area contributed by atoms with E-state index in [1.54, 1.807) is 15.8 Å². The second-order valence-electron chi connectivity index (χ2n) is 6.07. The maximum Gasteiger partial charge on any atom is 0.410 e. The van der Waals surface area contributed by atoms with E-state index in [0.717, 1.165) is 5.56 Å². The molecule has 0 aliphatic heterocycles. The molecular formula is C15H28N4O3. The van der Waals surface area contributed by atoms with Gasteiger partial charge >= 0.3 is 6.09 Å². The number of aliphatic hydroxyl groups excluding tert-OH is 1. The molecule has 0 saturated heterocycles. The van der Waals surface area contributed by atoms with Crippen molar-refractivity contribution in [2.75, 3.05) is 26.2 Å². The summed E-state index contributed by atoms with van der Waals surface area (Å²) in [5, 5.41) is 16.2. The summed E-state index contributed by atoms with van der Waals surface area (Å²) in [6, 6.07) is 0. The number of ether oxygens (including phenoxy) is 1. The van der Waals surface area contributed by atoms with E-state index in [0.29, 0.717) is 32.7 Å². The van der Waals surface area contributed by atoms with Crippen LogP contribution in [0.15, 0.2) is 12.4 Å². The van der Waals surface area contributed by atoms with Crippen molar-refractivity contribution in [2.45, 2.75) is 46.4 Å². The minimum atomic E-state index is -0.473. The van der Waals surface area contributed by atoms with Crippen LogP contribution in [0, 0.1) is 0 Å². The molecule has 1 aromatic rings.